The van der Waals surface area contributed by atoms with E-state index in [1.54, 1.807) is 6.20 Å². The molecular formula is C23H18N4O. The number of rotatable bonds is 4. The van der Waals surface area contributed by atoms with Gasteiger partial charge in [0.2, 0.25) is 0 Å². The number of aromatic nitrogens is 4. The third-order valence-corrected chi connectivity index (χ3v) is 4.99. The van der Waals surface area contributed by atoms with Gasteiger partial charge in [-0.2, -0.15) is 5.10 Å². The van der Waals surface area contributed by atoms with Gasteiger partial charge >= 0.3 is 0 Å². The van der Waals surface area contributed by atoms with E-state index in [0.717, 1.165) is 38.8 Å². The third kappa shape index (κ3) is 2.87. The number of hydrogen-bond acceptors (Lipinski definition) is 3. The molecule has 136 valence electrons. The van der Waals surface area contributed by atoms with E-state index in [0.29, 0.717) is 5.69 Å². The van der Waals surface area contributed by atoms with Gasteiger partial charge in [-0.05, 0) is 36.2 Å². The quantitative estimate of drug-likeness (QED) is 0.447. The maximum atomic E-state index is 12.8. The molecule has 5 rings (SSSR count). The number of pyridine rings is 1. The molecule has 3 aromatic heterocycles. The highest BCUT2D eigenvalue weighted by atomic mass is 16.1. The van der Waals surface area contributed by atoms with Crippen LogP contribution in [0.15, 0.2) is 66.9 Å². The van der Waals surface area contributed by atoms with Crippen LogP contribution >= 0.6 is 0 Å². The molecule has 0 bridgehead atoms. The maximum Gasteiger partial charge on any atom is 0.188 e. The number of aromatic amines is 2. The van der Waals surface area contributed by atoms with Crippen LogP contribution in [0.5, 0.6) is 0 Å². The van der Waals surface area contributed by atoms with Crippen molar-refractivity contribution in [3.8, 4) is 11.3 Å². The van der Waals surface area contributed by atoms with Gasteiger partial charge < -0.3 is 4.98 Å². The highest BCUT2D eigenvalue weighted by Gasteiger charge is 2.15. The third-order valence-electron chi connectivity index (χ3n) is 4.99. The van der Waals surface area contributed by atoms with Crippen LogP contribution in [0, 0.1) is 6.92 Å². The molecule has 0 aliphatic rings. The van der Waals surface area contributed by atoms with Crippen LogP contribution in [-0.4, -0.2) is 25.9 Å². The average molecular weight is 366 g/mol. The summed E-state index contributed by atoms with van der Waals surface area (Å²) < 4.78 is 0. The fraction of sp³-hybridized carbons (Fsp3) is 0.0870. The average Bonchev–Trinajstić information content (AvgIpc) is 3.32. The lowest BCUT2D eigenvalue weighted by Gasteiger charge is -1.99. The van der Waals surface area contributed by atoms with Crippen LogP contribution in [0.25, 0.3) is 33.2 Å². The number of para-hydroxylation sites is 1. The van der Waals surface area contributed by atoms with Crippen molar-refractivity contribution in [3.63, 3.8) is 0 Å². The molecule has 0 fully saturated rings. The van der Waals surface area contributed by atoms with E-state index in [1.807, 2.05) is 30.3 Å². The second kappa shape index (κ2) is 6.46. The van der Waals surface area contributed by atoms with E-state index < -0.39 is 0 Å². The molecule has 2 aromatic carbocycles. The summed E-state index contributed by atoms with van der Waals surface area (Å²) in [5.41, 5.74) is 6.40. The smallest absolute Gasteiger partial charge is 0.188 e. The predicted octanol–water partition coefficient (Wildman–Crippen LogP) is 4.84. The van der Waals surface area contributed by atoms with Gasteiger partial charge in [0.15, 0.2) is 5.78 Å². The van der Waals surface area contributed by atoms with Crippen molar-refractivity contribution < 1.29 is 4.79 Å². The molecule has 2 N–H and O–H groups in total. The molecule has 0 amide bonds. The molecule has 28 heavy (non-hydrogen) atoms. The molecule has 0 atom stereocenters. The van der Waals surface area contributed by atoms with E-state index in [2.05, 4.69) is 57.4 Å². The van der Waals surface area contributed by atoms with E-state index in [1.165, 1.54) is 5.56 Å². The standard InChI is InChI=1S/C23H18N4O/c1-14-6-8-16(9-7-14)20-12-17-10-15(13-24-23(17)25-20)11-21(28)22-18-4-2-3-5-19(18)26-27-22/h2-10,12-13H,11H2,1H3,(H,24,25)(H,26,27). The zero-order chi connectivity index (χ0) is 19.1. The molecular weight excluding hydrogens is 348 g/mol. The molecule has 5 heteroatoms. The van der Waals surface area contributed by atoms with Crippen molar-refractivity contribution in [1.82, 2.24) is 20.2 Å². The molecule has 0 radical (unpaired) electrons. The lowest BCUT2D eigenvalue weighted by atomic mass is 10.1. The first-order chi connectivity index (χ1) is 13.7. The largest absolute Gasteiger partial charge is 0.339 e. The minimum Gasteiger partial charge on any atom is -0.339 e. The maximum absolute atomic E-state index is 12.8. The number of H-pyrrole nitrogens is 2. The summed E-state index contributed by atoms with van der Waals surface area (Å²) in [4.78, 5) is 20.6. The highest BCUT2D eigenvalue weighted by Crippen LogP contribution is 2.25. The van der Waals surface area contributed by atoms with Crippen LogP contribution in [0.2, 0.25) is 0 Å². The van der Waals surface area contributed by atoms with Gasteiger partial charge in [-0.1, -0.05) is 48.0 Å². The molecule has 0 spiro atoms. The summed E-state index contributed by atoms with van der Waals surface area (Å²) in [6.45, 7) is 2.07. The lowest BCUT2D eigenvalue weighted by molar-refractivity contribution is 0.0989. The molecule has 0 aliphatic carbocycles. The number of ketones is 1. The summed E-state index contributed by atoms with van der Waals surface area (Å²) in [6.07, 6.45) is 2.02. The molecule has 0 aliphatic heterocycles. The minimum absolute atomic E-state index is 0.0205. The summed E-state index contributed by atoms with van der Waals surface area (Å²) in [5.74, 6) is -0.0205. The Labute approximate surface area is 161 Å². The second-order valence-corrected chi connectivity index (χ2v) is 7.05. The Hall–Kier alpha value is -3.73. The SMILES string of the molecule is Cc1ccc(-c2cc3cc(CC(=O)c4n[nH]c5ccccc45)cnc3[nH]2)cc1. The number of benzene rings is 2. The first-order valence-corrected chi connectivity index (χ1v) is 9.18. The summed E-state index contributed by atoms with van der Waals surface area (Å²) in [6, 6.07) is 20.1. The molecule has 0 unspecified atom stereocenters. The van der Waals surface area contributed by atoms with Crippen molar-refractivity contribution in [1.29, 1.82) is 0 Å². The molecule has 0 saturated carbocycles. The minimum atomic E-state index is -0.0205. The fourth-order valence-corrected chi connectivity index (χ4v) is 3.49. The monoisotopic (exact) mass is 366 g/mol. The summed E-state index contributed by atoms with van der Waals surface area (Å²) in [7, 11) is 0. The van der Waals surface area contributed by atoms with Crippen molar-refractivity contribution in [2.24, 2.45) is 0 Å². The number of hydrogen-bond donors (Lipinski definition) is 2. The van der Waals surface area contributed by atoms with Gasteiger partial charge in [-0.15, -0.1) is 0 Å². The number of Topliss-reactive ketones (excluding diaryl/α,β-unsaturated/α-hetero) is 1. The highest BCUT2D eigenvalue weighted by molar-refractivity contribution is 6.06. The Balaban J connectivity index is 1.45. The predicted molar refractivity (Wildman–Crippen MR) is 110 cm³/mol. The Kier molecular flexibility index (Phi) is 3.79. The van der Waals surface area contributed by atoms with Crippen LogP contribution in [-0.2, 0) is 6.42 Å². The van der Waals surface area contributed by atoms with Crippen LogP contribution in [0.3, 0.4) is 0 Å². The number of nitrogens with one attached hydrogen (secondary N) is 2. The second-order valence-electron chi connectivity index (χ2n) is 7.05. The number of nitrogens with zero attached hydrogens (tertiary/aromatic N) is 2. The first kappa shape index (κ1) is 16.4. The lowest BCUT2D eigenvalue weighted by Crippen LogP contribution is -2.05. The number of carbonyl (C=O) groups is 1. The summed E-state index contributed by atoms with van der Waals surface area (Å²) in [5, 5.41) is 8.97. The fourth-order valence-electron chi connectivity index (χ4n) is 3.49. The molecule has 0 saturated heterocycles. The van der Waals surface area contributed by atoms with E-state index in [4.69, 9.17) is 0 Å². The van der Waals surface area contributed by atoms with Crippen molar-refractivity contribution in [2.75, 3.05) is 0 Å². The Morgan fingerprint density at radius 1 is 1.04 bits per heavy atom. The van der Waals surface area contributed by atoms with Gasteiger partial charge in [-0.3, -0.25) is 9.89 Å². The molecule has 5 nitrogen and oxygen atoms in total. The van der Waals surface area contributed by atoms with Gasteiger partial charge in [-0.25, -0.2) is 4.98 Å². The number of aryl methyl sites for hydroxylation is 1. The molecule has 3 heterocycles. The topological polar surface area (TPSA) is 74.4 Å². The van der Waals surface area contributed by atoms with Crippen molar-refractivity contribution in [3.05, 3.63) is 83.7 Å². The number of carbonyl (C=O) groups excluding carboxylic acids is 1. The van der Waals surface area contributed by atoms with Crippen molar-refractivity contribution in [2.45, 2.75) is 13.3 Å². The van der Waals surface area contributed by atoms with E-state index >= 15 is 0 Å². The molecule has 5 aromatic rings. The van der Waals surface area contributed by atoms with Gasteiger partial charge in [0.1, 0.15) is 11.3 Å². The van der Waals surface area contributed by atoms with Crippen LogP contribution in [0.4, 0.5) is 0 Å². The van der Waals surface area contributed by atoms with E-state index in [9.17, 15) is 4.79 Å². The van der Waals surface area contributed by atoms with Crippen molar-refractivity contribution >= 4 is 27.7 Å². The Morgan fingerprint density at radius 2 is 1.86 bits per heavy atom. The van der Waals surface area contributed by atoms with Crippen LogP contribution in [0.1, 0.15) is 21.6 Å². The number of fused-ring (bicyclic) bond motifs is 2. The van der Waals surface area contributed by atoms with E-state index in [-0.39, 0.29) is 12.2 Å². The van der Waals surface area contributed by atoms with Gasteiger partial charge in [0.05, 0.1) is 5.52 Å². The summed E-state index contributed by atoms with van der Waals surface area (Å²) >= 11 is 0. The van der Waals surface area contributed by atoms with Gasteiger partial charge in [0, 0.05) is 29.1 Å². The van der Waals surface area contributed by atoms with Crippen LogP contribution < -0.4 is 0 Å². The first-order valence-electron chi connectivity index (χ1n) is 9.18. The zero-order valence-electron chi connectivity index (χ0n) is 15.4. The Bertz CT molecular complexity index is 1310. The normalized spacial score (nSPS) is 11.3. The zero-order valence-corrected chi connectivity index (χ0v) is 15.4. The van der Waals surface area contributed by atoms with Gasteiger partial charge in [0.25, 0.3) is 0 Å². The Morgan fingerprint density at radius 3 is 2.71 bits per heavy atom.